The van der Waals surface area contributed by atoms with Gasteiger partial charge in [-0.2, -0.15) is 0 Å². The summed E-state index contributed by atoms with van der Waals surface area (Å²) in [6, 6.07) is 14.9. The van der Waals surface area contributed by atoms with Gasteiger partial charge in [-0.1, -0.05) is 41.9 Å². The summed E-state index contributed by atoms with van der Waals surface area (Å²) in [5, 5.41) is 0.542. The van der Waals surface area contributed by atoms with Crippen molar-refractivity contribution in [2.45, 2.75) is 19.4 Å². The smallest absolute Gasteiger partial charge is 0.273 e. The van der Waals surface area contributed by atoms with Crippen molar-refractivity contribution >= 4 is 28.5 Å². The van der Waals surface area contributed by atoms with Crippen molar-refractivity contribution in [3.8, 4) is 0 Å². The van der Waals surface area contributed by atoms with Crippen molar-refractivity contribution < 1.29 is 4.79 Å². The third kappa shape index (κ3) is 3.46. The Kier molecular flexibility index (Phi) is 4.62. The van der Waals surface area contributed by atoms with Gasteiger partial charge < -0.3 is 10.3 Å². The molecule has 0 atom stereocenters. The van der Waals surface area contributed by atoms with Crippen LogP contribution in [0.4, 0.5) is 0 Å². The van der Waals surface area contributed by atoms with E-state index in [0.717, 1.165) is 5.56 Å². The molecule has 0 saturated carbocycles. The number of aryl methyl sites for hydroxylation is 1. The highest BCUT2D eigenvalue weighted by Gasteiger charge is 2.12. The van der Waals surface area contributed by atoms with Crippen LogP contribution in [-0.2, 0) is 17.8 Å². The fourth-order valence-electron chi connectivity index (χ4n) is 2.60. The molecular weight excluding hydrogens is 326 g/mol. The van der Waals surface area contributed by atoms with Crippen LogP contribution < -0.4 is 11.3 Å². The van der Waals surface area contributed by atoms with Gasteiger partial charge in [0.25, 0.3) is 5.56 Å². The van der Waals surface area contributed by atoms with Crippen LogP contribution in [0.3, 0.4) is 0 Å². The minimum Gasteiger partial charge on any atom is -0.370 e. The molecule has 1 heterocycles. The maximum absolute atomic E-state index is 12.8. The minimum absolute atomic E-state index is 0.0830. The SMILES string of the molecule is NC(=O)CCc1nc2cc(Cl)ccc2n(Cc2ccccc2)c1=O. The predicted octanol–water partition coefficient (Wildman–Crippen LogP) is 2.52. The molecule has 0 aliphatic carbocycles. The van der Waals surface area contributed by atoms with Crippen LogP contribution in [0.2, 0.25) is 5.02 Å². The molecule has 2 aromatic carbocycles. The average molecular weight is 342 g/mol. The topological polar surface area (TPSA) is 78.0 Å². The van der Waals surface area contributed by atoms with E-state index in [1.807, 2.05) is 30.3 Å². The predicted molar refractivity (Wildman–Crippen MR) is 94.1 cm³/mol. The van der Waals surface area contributed by atoms with Gasteiger partial charge in [-0.25, -0.2) is 4.98 Å². The van der Waals surface area contributed by atoms with Gasteiger partial charge in [-0.05, 0) is 23.8 Å². The summed E-state index contributed by atoms with van der Waals surface area (Å²) in [5.41, 5.74) is 7.63. The molecule has 122 valence electrons. The van der Waals surface area contributed by atoms with E-state index in [2.05, 4.69) is 4.98 Å². The highest BCUT2D eigenvalue weighted by Crippen LogP contribution is 2.18. The summed E-state index contributed by atoms with van der Waals surface area (Å²) in [4.78, 5) is 28.2. The fraction of sp³-hybridized carbons (Fsp3) is 0.167. The third-order valence-electron chi connectivity index (χ3n) is 3.77. The second kappa shape index (κ2) is 6.84. The number of nitrogens with two attached hydrogens (primary N) is 1. The average Bonchev–Trinajstić information content (AvgIpc) is 2.56. The molecule has 5 nitrogen and oxygen atoms in total. The summed E-state index contributed by atoms with van der Waals surface area (Å²) in [6.45, 7) is 0.421. The number of carbonyl (C=O) groups excluding carboxylic acids is 1. The first-order chi connectivity index (χ1) is 11.5. The molecule has 0 unspecified atom stereocenters. The highest BCUT2D eigenvalue weighted by atomic mass is 35.5. The summed E-state index contributed by atoms with van der Waals surface area (Å²) in [7, 11) is 0. The number of primary amides is 1. The molecule has 6 heteroatoms. The van der Waals surface area contributed by atoms with Crippen LogP contribution in [0.25, 0.3) is 11.0 Å². The van der Waals surface area contributed by atoms with Gasteiger partial charge >= 0.3 is 0 Å². The number of fused-ring (bicyclic) bond motifs is 1. The van der Waals surface area contributed by atoms with Crippen LogP contribution in [0.1, 0.15) is 17.7 Å². The summed E-state index contributed by atoms with van der Waals surface area (Å²) < 4.78 is 1.66. The molecule has 24 heavy (non-hydrogen) atoms. The van der Waals surface area contributed by atoms with Crippen LogP contribution in [0.15, 0.2) is 53.3 Å². The number of benzene rings is 2. The molecule has 3 aromatic rings. The monoisotopic (exact) mass is 341 g/mol. The van der Waals surface area contributed by atoms with Gasteiger partial charge in [-0.15, -0.1) is 0 Å². The molecule has 0 spiro atoms. The van der Waals surface area contributed by atoms with E-state index in [0.29, 0.717) is 28.3 Å². The normalized spacial score (nSPS) is 10.9. The lowest BCUT2D eigenvalue weighted by atomic mass is 10.2. The second-order valence-corrected chi connectivity index (χ2v) is 5.97. The van der Waals surface area contributed by atoms with Crippen molar-refractivity contribution in [1.82, 2.24) is 9.55 Å². The highest BCUT2D eigenvalue weighted by molar-refractivity contribution is 6.31. The van der Waals surface area contributed by atoms with E-state index in [4.69, 9.17) is 17.3 Å². The molecular formula is C18H16ClN3O2. The minimum atomic E-state index is -0.461. The Morgan fingerprint density at radius 1 is 1.17 bits per heavy atom. The number of nitrogens with zero attached hydrogens (tertiary/aromatic N) is 2. The Morgan fingerprint density at radius 2 is 1.92 bits per heavy atom. The van der Waals surface area contributed by atoms with Crippen LogP contribution in [-0.4, -0.2) is 15.5 Å². The second-order valence-electron chi connectivity index (χ2n) is 5.53. The summed E-state index contributed by atoms with van der Waals surface area (Å²) >= 11 is 6.05. The largest absolute Gasteiger partial charge is 0.370 e. The fourth-order valence-corrected chi connectivity index (χ4v) is 2.77. The van der Waals surface area contributed by atoms with Crippen molar-refractivity contribution in [2.24, 2.45) is 5.73 Å². The Bertz CT molecular complexity index is 952. The van der Waals surface area contributed by atoms with E-state index in [9.17, 15) is 9.59 Å². The van der Waals surface area contributed by atoms with Gasteiger partial charge in [0.1, 0.15) is 5.69 Å². The molecule has 1 aromatic heterocycles. The molecule has 1 amide bonds. The molecule has 0 aliphatic heterocycles. The Balaban J connectivity index is 2.14. The molecule has 0 bridgehead atoms. The number of aromatic nitrogens is 2. The first kappa shape index (κ1) is 16.2. The van der Waals surface area contributed by atoms with Gasteiger partial charge in [-0.3, -0.25) is 9.59 Å². The summed E-state index contributed by atoms with van der Waals surface area (Å²) in [6.07, 6.45) is 0.297. The zero-order valence-electron chi connectivity index (χ0n) is 12.9. The Morgan fingerprint density at radius 3 is 2.62 bits per heavy atom. The first-order valence-corrected chi connectivity index (χ1v) is 7.93. The molecule has 3 rings (SSSR count). The number of amides is 1. The van der Waals surface area contributed by atoms with Crippen LogP contribution in [0.5, 0.6) is 0 Å². The maximum atomic E-state index is 12.8. The van der Waals surface area contributed by atoms with Crippen LogP contribution in [0, 0.1) is 0 Å². The lowest BCUT2D eigenvalue weighted by molar-refractivity contribution is -0.118. The third-order valence-corrected chi connectivity index (χ3v) is 4.00. The van der Waals surface area contributed by atoms with E-state index in [-0.39, 0.29) is 18.4 Å². The lowest BCUT2D eigenvalue weighted by Crippen LogP contribution is -2.27. The van der Waals surface area contributed by atoms with E-state index in [1.54, 1.807) is 22.8 Å². The first-order valence-electron chi connectivity index (χ1n) is 7.56. The number of rotatable bonds is 5. The number of carbonyl (C=O) groups is 1. The van der Waals surface area contributed by atoms with Crippen molar-refractivity contribution in [3.63, 3.8) is 0 Å². The van der Waals surface area contributed by atoms with Crippen LogP contribution >= 0.6 is 11.6 Å². The zero-order valence-corrected chi connectivity index (χ0v) is 13.7. The van der Waals surface area contributed by atoms with E-state index in [1.165, 1.54) is 0 Å². The molecule has 0 fully saturated rings. The molecule has 2 N–H and O–H groups in total. The van der Waals surface area contributed by atoms with Crippen molar-refractivity contribution in [1.29, 1.82) is 0 Å². The zero-order chi connectivity index (χ0) is 17.1. The van der Waals surface area contributed by atoms with Crippen molar-refractivity contribution in [2.75, 3.05) is 0 Å². The van der Waals surface area contributed by atoms with Gasteiger partial charge in [0, 0.05) is 17.9 Å². The van der Waals surface area contributed by atoms with Crippen molar-refractivity contribution in [3.05, 3.63) is 75.2 Å². The van der Waals surface area contributed by atoms with E-state index < -0.39 is 5.91 Å². The number of hydrogen-bond acceptors (Lipinski definition) is 3. The molecule has 0 saturated heterocycles. The van der Waals surface area contributed by atoms with Gasteiger partial charge in [0.2, 0.25) is 5.91 Å². The summed E-state index contributed by atoms with van der Waals surface area (Å²) in [5.74, 6) is -0.461. The standard InChI is InChI=1S/C18H16ClN3O2/c19-13-6-8-16-15(10-13)21-14(7-9-17(20)23)18(24)22(16)11-12-4-2-1-3-5-12/h1-6,8,10H,7,9,11H2,(H2,20,23). The maximum Gasteiger partial charge on any atom is 0.273 e. The van der Waals surface area contributed by atoms with E-state index >= 15 is 0 Å². The molecule has 0 aliphatic rings. The Labute approximate surface area is 143 Å². The van der Waals surface area contributed by atoms with Gasteiger partial charge in [0.05, 0.1) is 17.6 Å². The molecule has 0 radical (unpaired) electrons. The number of hydrogen-bond donors (Lipinski definition) is 1. The quantitative estimate of drug-likeness (QED) is 0.774. The lowest BCUT2D eigenvalue weighted by Gasteiger charge is -2.12. The Hall–Kier alpha value is -2.66. The number of halogens is 1. The van der Waals surface area contributed by atoms with Gasteiger partial charge in [0.15, 0.2) is 0 Å².